The second kappa shape index (κ2) is 11.3. The fourth-order valence-corrected chi connectivity index (χ4v) is 6.01. The highest BCUT2D eigenvalue weighted by Crippen LogP contribution is 2.30. The highest BCUT2D eigenvalue weighted by Gasteiger charge is 2.35. The van der Waals surface area contributed by atoms with Gasteiger partial charge in [-0.3, -0.25) is 0 Å². The zero-order valence-electron chi connectivity index (χ0n) is 20.3. The van der Waals surface area contributed by atoms with Crippen molar-refractivity contribution in [3.63, 3.8) is 0 Å². The van der Waals surface area contributed by atoms with Crippen LogP contribution in [0.25, 0.3) is 10.2 Å². The maximum Gasteiger partial charge on any atom is 0.410 e. The molecule has 0 spiro atoms. The van der Waals surface area contributed by atoms with Gasteiger partial charge in [0.05, 0.1) is 16.3 Å². The number of para-hydroxylation sites is 1. The Labute approximate surface area is 214 Å². The number of nitrogens with zero attached hydrogens (tertiary/aromatic N) is 3. The van der Waals surface area contributed by atoms with Crippen LogP contribution in [0.1, 0.15) is 32.8 Å². The van der Waals surface area contributed by atoms with E-state index < -0.39 is 5.60 Å². The molecule has 3 aromatic rings. The molecule has 1 fully saturated rings. The van der Waals surface area contributed by atoms with Gasteiger partial charge in [0.25, 0.3) is 0 Å². The Kier molecular flexibility index (Phi) is 8.18. The number of carbonyl (C=O) groups excluding carboxylic acids is 2. The topological polar surface area (TPSA) is 72.0 Å². The van der Waals surface area contributed by atoms with Crippen LogP contribution in [-0.4, -0.2) is 64.0 Å². The van der Waals surface area contributed by atoms with Gasteiger partial charge in [0, 0.05) is 25.4 Å². The second-order valence-electron chi connectivity index (χ2n) is 9.40. The molecular weight excluding hydrogens is 482 g/mol. The lowest BCUT2D eigenvalue weighted by Crippen LogP contribution is -2.57. The Morgan fingerprint density at radius 3 is 2.54 bits per heavy atom. The number of piperazine rings is 1. The van der Waals surface area contributed by atoms with Crippen LogP contribution < -0.4 is 0 Å². The van der Waals surface area contributed by atoms with Gasteiger partial charge in [-0.2, -0.15) is 0 Å². The van der Waals surface area contributed by atoms with Crippen molar-refractivity contribution in [2.24, 2.45) is 0 Å². The summed E-state index contributed by atoms with van der Waals surface area (Å²) in [5.41, 5.74) is 1.36. The van der Waals surface area contributed by atoms with Crippen molar-refractivity contribution in [1.29, 1.82) is 0 Å². The van der Waals surface area contributed by atoms with E-state index in [1.807, 2.05) is 69.3 Å². The first kappa shape index (κ1) is 25.3. The molecule has 4 rings (SSSR count). The van der Waals surface area contributed by atoms with Crippen LogP contribution in [-0.2, 0) is 16.1 Å². The van der Waals surface area contributed by atoms with Crippen LogP contribution >= 0.6 is 23.1 Å². The number of benzene rings is 2. The number of fused-ring (bicyclic) bond motifs is 1. The maximum atomic E-state index is 12.9. The smallest absolute Gasteiger partial charge is 0.410 e. The summed E-state index contributed by atoms with van der Waals surface area (Å²) in [6.45, 7) is 7.04. The van der Waals surface area contributed by atoms with Gasteiger partial charge in [0.15, 0.2) is 4.34 Å². The fraction of sp³-hybridized carbons (Fsp3) is 0.423. The summed E-state index contributed by atoms with van der Waals surface area (Å²) in [5.74, 6) is 0.774. The van der Waals surface area contributed by atoms with Crippen LogP contribution in [0.2, 0.25) is 0 Å². The minimum atomic E-state index is -0.580. The molecule has 0 saturated carbocycles. The normalized spacial score (nSPS) is 16.4. The molecule has 1 saturated heterocycles. The molecule has 2 amide bonds. The van der Waals surface area contributed by atoms with E-state index in [1.165, 1.54) is 0 Å². The molecule has 1 atom stereocenters. The number of hydrogen-bond acceptors (Lipinski definition) is 7. The number of thioether (sulfide) groups is 1. The SMILES string of the molecule is CC(C)(C)OC(=O)N1CCN(C(=O)OCc2ccccc2)C[C@H]1CCSc1nc2ccccc2s1. The molecule has 0 aliphatic carbocycles. The van der Waals surface area contributed by atoms with Crippen LogP contribution in [0, 0.1) is 0 Å². The number of rotatable bonds is 6. The lowest BCUT2D eigenvalue weighted by atomic mass is 10.1. The molecule has 0 N–H and O–H groups in total. The van der Waals surface area contributed by atoms with Crippen molar-refractivity contribution in [1.82, 2.24) is 14.8 Å². The Balaban J connectivity index is 1.38. The van der Waals surface area contributed by atoms with Gasteiger partial charge in [-0.25, -0.2) is 14.6 Å². The molecule has 0 bridgehead atoms. The predicted molar refractivity (Wildman–Crippen MR) is 140 cm³/mol. The average Bonchev–Trinajstić information content (AvgIpc) is 3.25. The summed E-state index contributed by atoms with van der Waals surface area (Å²) in [6.07, 6.45) is 0.00812. The standard InChI is InChI=1S/C26H31N3O4S2/c1-26(2,3)33-25(31)29-15-14-28(24(30)32-18-19-9-5-4-6-10-19)17-20(29)13-16-34-23-27-21-11-7-8-12-22(21)35-23/h4-12,20H,13-18H2,1-3H3/t20-/m1/s1. The van der Waals surface area contributed by atoms with E-state index >= 15 is 0 Å². The first-order valence-corrected chi connectivity index (χ1v) is 13.5. The number of amides is 2. The first-order chi connectivity index (χ1) is 16.8. The summed E-state index contributed by atoms with van der Waals surface area (Å²) in [4.78, 5) is 33.8. The minimum Gasteiger partial charge on any atom is -0.445 e. The number of carbonyl (C=O) groups is 2. The number of hydrogen-bond donors (Lipinski definition) is 0. The number of ether oxygens (including phenoxy) is 2. The highest BCUT2D eigenvalue weighted by molar-refractivity contribution is 8.01. The first-order valence-electron chi connectivity index (χ1n) is 11.7. The molecule has 186 valence electrons. The third-order valence-corrected chi connectivity index (χ3v) is 7.74. The van der Waals surface area contributed by atoms with Crippen molar-refractivity contribution >= 4 is 45.5 Å². The van der Waals surface area contributed by atoms with E-state index in [0.29, 0.717) is 26.1 Å². The van der Waals surface area contributed by atoms with Crippen molar-refractivity contribution in [2.45, 2.75) is 49.8 Å². The Morgan fingerprint density at radius 2 is 1.80 bits per heavy atom. The van der Waals surface area contributed by atoms with E-state index in [-0.39, 0.29) is 24.8 Å². The van der Waals surface area contributed by atoms with Crippen molar-refractivity contribution in [3.8, 4) is 0 Å². The Bertz CT molecular complexity index is 1110. The zero-order chi connectivity index (χ0) is 24.8. The monoisotopic (exact) mass is 513 g/mol. The predicted octanol–water partition coefficient (Wildman–Crippen LogP) is 6.04. The lowest BCUT2D eigenvalue weighted by molar-refractivity contribution is -0.00349. The zero-order valence-corrected chi connectivity index (χ0v) is 21.9. The van der Waals surface area contributed by atoms with E-state index in [9.17, 15) is 9.59 Å². The van der Waals surface area contributed by atoms with Gasteiger partial charge >= 0.3 is 12.2 Å². The fourth-order valence-electron chi connectivity index (χ4n) is 3.83. The maximum absolute atomic E-state index is 12.9. The van der Waals surface area contributed by atoms with Crippen molar-refractivity contribution in [2.75, 3.05) is 25.4 Å². The summed E-state index contributed by atoms with van der Waals surface area (Å²) in [6, 6.07) is 17.5. The van der Waals surface area contributed by atoms with E-state index in [1.54, 1.807) is 32.9 Å². The summed E-state index contributed by atoms with van der Waals surface area (Å²) >= 11 is 3.35. The summed E-state index contributed by atoms with van der Waals surface area (Å²) in [7, 11) is 0. The Hall–Kier alpha value is -2.78. The van der Waals surface area contributed by atoms with Crippen LogP contribution in [0.5, 0.6) is 0 Å². The van der Waals surface area contributed by atoms with Gasteiger partial charge in [-0.05, 0) is 44.9 Å². The largest absolute Gasteiger partial charge is 0.445 e. The minimum absolute atomic E-state index is 0.162. The van der Waals surface area contributed by atoms with Gasteiger partial charge in [-0.15, -0.1) is 11.3 Å². The van der Waals surface area contributed by atoms with Gasteiger partial charge in [0.1, 0.15) is 12.2 Å². The summed E-state index contributed by atoms with van der Waals surface area (Å²) < 4.78 is 13.4. The average molecular weight is 514 g/mol. The quantitative estimate of drug-likeness (QED) is 0.375. The van der Waals surface area contributed by atoms with Crippen LogP contribution in [0.3, 0.4) is 0 Å². The van der Waals surface area contributed by atoms with Crippen LogP contribution in [0.4, 0.5) is 9.59 Å². The molecule has 35 heavy (non-hydrogen) atoms. The van der Waals surface area contributed by atoms with Crippen molar-refractivity contribution in [3.05, 3.63) is 60.2 Å². The van der Waals surface area contributed by atoms with Crippen molar-refractivity contribution < 1.29 is 19.1 Å². The molecule has 7 nitrogen and oxygen atoms in total. The third-order valence-electron chi connectivity index (χ3n) is 5.52. The molecule has 0 radical (unpaired) electrons. The molecule has 2 aromatic carbocycles. The van der Waals surface area contributed by atoms with Crippen LogP contribution in [0.15, 0.2) is 58.9 Å². The Morgan fingerprint density at radius 1 is 1.06 bits per heavy atom. The molecule has 1 aromatic heterocycles. The lowest BCUT2D eigenvalue weighted by Gasteiger charge is -2.41. The molecule has 1 aliphatic heterocycles. The molecule has 2 heterocycles. The molecule has 9 heteroatoms. The third kappa shape index (κ3) is 7.11. The number of thiazole rings is 1. The van der Waals surface area contributed by atoms with Gasteiger partial charge < -0.3 is 19.3 Å². The molecule has 0 unspecified atom stereocenters. The van der Waals surface area contributed by atoms with E-state index in [4.69, 9.17) is 9.47 Å². The van der Waals surface area contributed by atoms with E-state index in [2.05, 4.69) is 11.1 Å². The molecular formula is C26H31N3O4S2. The number of aromatic nitrogens is 1. The van der Waals surface area contributed by atoms with E-state index in [0.717, 1.165) is 25.9 Å². The summed E-state index contributed by atoms with van der Waals surface area (Å²) in [5, 5.41) is 0. The van der Waals surface area contributed by atoms with Gasteiger partial charge in [-0.1, -0.05) is 54.2 Å². The molecule has 1 aliphatic rings. The highest BCUT2D eigenvalue weighted by atomic mass is 32.2. The van der Waals surface area contributed by atoms with Gasteiger partial charge in [0.2, 0.25) is 0 Å². The second-order valence-corrected chi connectivity index (χ2v) is 11.8.